The second kappa shape index (κ2) is 5.79. The molecule has 0 saturated carbocycles. The van der Waals surface area contributed by atoms with Crippen molar-refractivity contribution in [2.45, 2.75) is 12.7 Å². The van der Waals surface area contributed by atoms with Gasteiger partial charge in [-0.3, -0.25) is 4.90 Å². The minimum Gasteiger partial charge on any atom is -0.497 e. The summed E-state index contributed by atoms with van der Waals surface area (Å²) < 4.78 is 43.9. The summed E-state index contributed by atoms with van der Waals surface area (Å²) in [4.78, 5) is 2.01. The quantitative estimate of drug-likeness (QED) is 0.913. The molecule has 106 valence electrons. The topological polar surface area (TPSA) is 24.5 Å². The molecule has 0 atom stereocenters. The van der Waals surface area contributed by atoms with Crippen LogP contribution in [0.1, 0.15) is 11.1 Å². The molecule has 19 heavy (non-hydrogen) atoms. The van der Waals surface area contributed by atoms with Gasteiger partial charge in [-0.25, -0.2) is 0 Å². The lowest BCUT2D eigenvalue weighted by molar-refractivity contribution is -0.138. The van der Waals surface area contributed by atoms with Crippen molar-refractivity contribution in [2.24, 2.45) is 0 Å². The highest BCUT2D eigenvalue weighted by atomic mass is 19.4. The van der Waals surface area contributed by atoms with Gasteiger partial charge in [-0.1, -0.05) is 0 Å². The Balaban J connectivity index is 2.24. The summed E-state index contributed by atoms with van der Waals surface area (Å²) >= 11 is 0. The van der Waals surface area contributed by atoms with Gasteiger partial charge in [0.1, 0.15) is 5.75 Å². The molecular formula is C13H17F3N2O. The first-order valence-corrected chi connectivity index (χ1v) is 6.18. The molecule has 0 unspecified atom stereocenters. The molecule has 0 spiro atoms. The van der Waals surface area contributed by atoms with Crippen LogP contribution in [-0.2, 0) is 12.7 Å². The van der Waals surface area contributed by atoms with Crippen LogP contribution in [0.25, 0.3) is 0 Å². The number of rotatable bonds is 3. The smallest absolute Gasteiger partial charge is 0.416 e. The van der Waals surface area contributed by atoms with E-state index in [0.717, 1.165) is 32.2 Å². The van der Waals surface area contributed by atoms with E-state index in [2.05, 4.69) is 5.32 Å². The highest BCUT2D eigenvalue weighted by Crippen LogP contribution is 2.34. The summed E-state index contributed by atoms with van der Waals surface area (Å²) in [6.07, 6.45) is -4.32. The summed E-state index contributed by atoms with van der Waals surface area (Å²) in [5.41, 5.74) is -0.305. The number of benzene rings is 1. The summed E-state index contributed by atoms with van der Waals surface area (Å²) in [5.74, 6) is 0.457. The Morgan fingerprint density at radius 3 is 2.53 bits per heavy atom. The van der Waals surface area contributed by atoms with Gasteiger partial charge in [0.25, 0.3) is 0 Å². The number of nitrogens with one attached hydrogen (secondary N) is 1. The van der Waals surface area contributed by atoms with Crippen LogP contribution >= 0.6 is 0 Å². The van der Waals surface area contributed by atoms with Gasteiger partial charge in [-0.2, -0.15) is 13.2 Å². The first kappa shape index (κ1) is 14.1. The second-order valence-corrected chi connectivity index (χ2v) is 4.55. The Kier molecular flexibility index (Phi) is 4.31. The van der Waals surface area contributed by atoms with Crippen LogP contribution in [0.15, 0.2) is 18.2 Å². The molecule has 1 aliphatic heterocycles. The van der Waals surface area contributed by atoms with E-state index in [0.29, 0.717) is 12.3 Å². The van der Waals surface area contributed by atoms with E-state index in [4.69, 9.17) is 4.74 Å². The van der Waals surface area contributed by atoms with Crippen LogP contribution in [0.4, 0.5) is 13.2 Å². The molecule has 0 aliphatic carbocycles. The van der Waals surface area contributed by atoms with E-state index < -0.39 is 11.7 Å². The molecule has 0 radical (unpaired) electrons. The van der Waals surface area contributed by atoms with E-state index in [9.17, 15) is 13.2 Å². The summed E-state index contributed by atoms with van der Waals surface area (Å²) in [5, 5.41) is 3.18. The SMILES string of the molecule is COc1ccc(C(F)(F)F)c(CN2CCNCC2)c1. The third-order valence-corrected chi connectivity index (χ3v) is 3.22. The minimum absolute atomic E-state index is 0.272. The number of piperazine rings is 1. The zero-order chi connectivity index (χ0) is 13.9. The number of ether oxygens (including phenoxy) is 1. The van der Waals surface area contributed by atoms with Gasteiger partial charge in [0.05, 0.1) is 12.7 Å². The minimum atomic E-state index is -4.32. The van der Waals surface area contributed by atoms with Gasteiger partial charge in [-0.15, -0.1) is 0 Å². The number of hydrogen-bond donors (Lipinski definition) is 1. The molecular weight excluding hydrogens is 257 g/mol. The molecule has 1 fully saturated rings. The largest absolute Gasteiger partial charge is 0.497 e. The van der Waals surface area contributed by atoms with Crippen molar-refractivity contribution in [1.29, 1.82) is 0 Å². The lowest BCUT2D eigenvalue weighted by atomic mass is 10.1. The van der Waals surface area contributed by atoms with Crippen molar-refractivity contribution in [3.05, 3.63) is 29.3 Å². The van der Waals surface area contributed by atoms with Crippen LogP contribution in [0, 0.1) is 0 Å². The molecule has 0 bridgehead atoms. The fourth-order valence-electron chi connectivity index (χ4n) is 2.21. The number of nitrogens with zero attached hydrogens (tertiary/aromatic N) is 1. The summed E-state index contributed by atoms with van der Waals surface area (Å²) in [7, 11) is 1.46. The van der Waals surface area contributed by atoms with E-state index in [1.54, 1.807) is 0 Å². The van der Waals surface area contributed by atoms with Crippen molar-refractivity contribution >= 4 is 0 Å². The Hall–Kier alpha value is -1.27. The number of methoxy groups -OCH3 is 1. The van der Waals surface area contributed by atoms with Gasteiger partial charge in [0, 0.05) is 32.7 Å². The lowest BCUT2D eigenvalue weighted by Gasteiger charge is -2.28. The Labute approximate surface area is 110 Å². The maximum atomic E-state index is 13.0. The van der Waals surface area contributed by atoms with Crippen molar-refractivity contribution in [2.75, 3.05) is 33.3 Å². The average Bonchev–Trinajstić information content (AvgIpc) is 2.38. The third-order valence-electron chi connectivity index (χ3n) is 3.22. The van der Waals surface area contributed by atoms with E-state index in [1.807, 2.05) is 4.90 Å². The molecule has 2 rings (SSSR count). The van der Waals surface area contributed by atoms with Crippen LogP contribution in [0.5, 0.6) is 5.75 Å². The van der Waals surface area contributed by atoms with Crippen molar-refractivity contribution < 1.29 is 17.9 Å². The molecule has 1 aromatic rings. The van der Waals surface area contributed by atoms with Crippen LogP contribution in [0.3, 0.4) is 0 Å². The molecule has 1 aromatic carbocycles. The predicted octanol–water partition coefficient (Wildman–Crippen LogP) is 2.12. The van der Waals surface area contributed by atoms with E-state index in [-0.39, 0.29) is 5.56 Å². The molecule has 1 N–H and O–H groups in total. The molecule has 0 amide bonds. The number of alkyl halides is 3. The molecule has 3 nitrogen and oxygen atoms in total. The van der Waals surface area contributed by atoms with Gasteiger partial charge < -0.3 is 10.1 Å². The maximum Gasteiger partial charge on any atom is 0.416 e. The van der Waals surface area contributed by atoms with E-state index in [1.165, 1.54) is 19.2 Å². The molecule has 1 heterocycles. The summed E-state index contributed by atoms with van der Waals surface area (Å²) in [6.45, 7) is 3.44. The first-order valence-electron chi connectivity index (χ1n) is 6.18. The second-order valence-electron chi connectivity index (χ2n) is 4.55. The Morgan fingerprint density at radius 1 is 1.26 bits per heavy atom. The Morgan fingerprint density at radius 2 is 1.95 bits per heavy atom. The number of hydrogen-bond acceptors (Lipinski definition) is 3. The fraction of sp³-hybridized carbons (Fsp3) is 0.538. The van der Waals surface area contributed by atoms with Crippen LogP contribution in [0.2, 0.25) is 0 Å². The van der Waals surface area contributed by atoms with Gasteiger partial charge >= 0.3 is 6.18 Å². The molecule has 0 aromatic heterocycles. The van der Waals surface area contributed by atoms with Crippen molar-refractivity contribution in [1.82, 2.24) is 10.2 Å². The normalized spacial score (nSPS) is 17.5. The van der Waals surface area contributed by atoms with Crippen LogP contribution < -0.4 is 10.1 Å². The highest BCUT2D eigenvalue weighted by Gasteiger charge is 2.33. The maximum absolute atomic E-state index is 13.0. The van der Waals surface area contributed by atoms with Gasteiger partial charge in [-0.05, 0) is 23.8 Å². The van der Waals surface area contributed by atoms with Gasteiger partial charge in [0.2, 0.25) is 0 Å². The Bertz CT molecular complexity index is 428. The predicted molar refractivity (Wildman–Crippen MR) is 66.1 cm³/mol. The molecule has 6 heteroatoms. The zero-order valence-electron chi connectivity index (χ0n) is 10.8. The monoisotopic (exact) mass is 274 g/mol. The van der Waals surface area contributed by atoms with Crippen molar-refractivity contribution in [3.63, 3.8) is 0 Å². The van der Waals surface area contributed by atoms with Gasteiger partial charge in [0.15, 0.2) is 0 Å². The number of halogens is 3. The zero-order valence-corrected chi connectivity index (χ0v) is 10.8. The average molecular weight is 274 g/mol. The third kappa shape index (κ3) is 3.61. The molecule has 1 aliphatic rings. The summed E-state index contributed by atoms with van der Waals surface area (Å²) in [6, 6.07) is 3.92. The highest BCUT2D eigenvalue weighted by molar-refractivity contribution is 5.37. The van der Waals surface area contributed by atoms with E-state index >= 15 is 0 Å². The standard InChI is InChI=1S/C13H17F3N2O/c1-19-11-2-3-12(13(14,15)16)10(8-11)9-18-6-4-17-5-7-18/h2-3,8,17H,4-7,9H2,1H3. The first-order chi connectivity index (χ1) is 9.00. The van der Waals surface area contributed by atoms with Crippen LogP contribution in [-0.4, -0.2) is 38.2 Å². The fourth-order valence-corrected chi connectivity index (χ4v) is 2.21. The lowest BCUT2D eigenvalue weighted by Crippen LogP contribution is -2.43. The van der Waals surface area contributed by atoms with Crippen molar-refractivity contribution in [3.8, 4) is 5.75 Å². The molecule has 1 saturated heterocycles.